The molecule has 1 aliphatic heterocycles. The van der Waals surface area contributed by atoms with Crippen LogP contribution in [0.4, 0.5) is 0 Å². The molecule has 44 heavy (non-hydrogen) atoms. The molecule has 0 bridgehead atoms. The van der Waals surface area contributed by atoms with Gasteiger partial charge in [-0.2, -0.15) is 0 Å². The maximum atomic E-state index is 12.6. The lowest BCUT2D eigenvalue weighted by molar-refractivity contribution is -0.870. The number of phosphoric ester groups is 1. The first kappa shape index (κ1) is 41.3. The Morgan fingerprint density at radius 2 is 1.36 bits per heavy atom. The number of quaternary nitrogens is 1. The van der Waals surface area contributed by atoms with Gasteiger partial charge in [0.05, 0.1) is 41.0 Å². The van der Waals surface area contributed by atoms with Gasteiger partial charge in [-0.1, -0.05) is 84.0 Å². The zero-order chi connectivity index (χ0) is 33.0. The van der Waals surface area contributed by atoms with Crippen molar-refractivity contribution in [2.45, 2.75) is 134 Å². The van der Waals surface area contributed by atoms with Gasteiger partial charge in [0.1, 0.15) is 43.7 Å². The van der Waals surface area contributed by atoms with Gasteiger partial charge in [0.2, 0.25) is 0 Å². The first-order valence-electron chi connectivity index (χ1n) is 16.3. The SMILES string of the molecule is CCCCCCCCCCCCCCCC(=O)O[C@@H](CO[C@@H]1O[C@H](CO)[C@@H](O)[C@H](O)[C@H]1O)COP(=O)(O)OCC[N+](C)(C)C. The van der Waals surface area contributed by atoms with Gasteiger partial charge in [-0.25, -0.2) is 4.57 Å². The average Bonchev–Trinajstić information content (AvgIpc) is 2.95. The Morgan fingerprint density at radius 1 is 0.818 bits per heavy atom. The third-order valence-corrected chi connectivity index (χ3v) is 8.50. The molecule has 0 radical (unpaired) electrons. The van der Waals surface area contributed by atoms with Gasteiger partial charge in [0.25, 0.3) is 0 Å². The van der Waals surface area contributed by atoms with Crippen LogP contribution in [-0.2, 0) is 32.6 Å². The van der Waals surface area contributed by atoms with Crippen molar-refractivity contribution in [3.05, 3.63) is 0 Å². The van der Waals surface area contributed by atoms with Crippen LogP contribution in [0, 0.1) is 0 Å². The minimum Gasteiger partial charge on any atom is -0.457 e. The summed E-state index contributed by atoms with van der Waals surface area (Å²) in [6.45, 7) is 1.04. The quantitative estimate of drug-likeness (QED) is 0.0397. The summed E-state index contributed by atoms with van der Waals surface area (Å²) in [7, 11) is 1.22. The third-order valence-electron chi connectivity index (χ3n) is 7.52. The lowest BCUT2D eigenvalue weighted by atomic mass is 9.99. The summed E-state index contributed by atoms with van der Waals surface area (Å²) in [4.78, 5) is 22.7. The van der Waals surface area contributed by atoms with E-state index in [0.717, 1.165) is 19.3 Å². The van der Waals surface area contributed by atoms with Crippen LogP contribution in [0.5, 0.6) is 0 Å². The number of phosphoric acid groups is 1. The molecule has 0 saturated carbocycles. The Labute approximate surface area is 264 Å². The Kier molecular flexibility index (Phi) is 21.4. The zero-order valence-electron chi connectivity index (χ0n) is 27.4. The molecule has 1 aliphatic rings. The number of rotatable bonds is 26. The van der Waals surface area contributed by atoms with Crippen LogP contribution in [0.25, 0.3) is 0 Å². The number of aliphatic hydroxyl groups is 4. The van der Waals surface area contributed by atoms with Crippen molar-refractivity contribution in [3.63, 3.8) is 0 Å². The second kappa shape index (κ2) is 22.8. The molecule has 1 rings (SSSR count). The van der Waals surface area contributed by atoms with E-state index in [4.69, 9.17) is 23.3 Å². The molecule has 1 fully saturated rings. The van der Waals surface area contributed by atoms with Crippen LogP contribution in [0.15, 0.2) is 0 Å². The van der Waals surface area contributed by atoms with Crippen molar-refractivity contribution < 1.29 is 62.4 Å². The van der Waals surface area contributed by atoms with Gasteiger partial charge < -0.3 is 44.0 Å². The molecule has 0 aromatic carbocycles. The van der Waals surface area contributed by atoms with E-state index in [1.54, 1.807) is 0 Å². The molecule has 14 heteroatoms. The van der Waals surface area contributed by atoms with Crippen LogP contribution in [0.1, 0.15) is 96.8 Å². The molecule has 0 spiro atoms. The van der Waals surface area contributed by atoms with E-state index < -0.39 is 70.4 Å². The fourth-order valence-corrected chi connectivity index (χ4v) is 5.44. The van der Waals surface area contributed by atoms with E-state index >= 15 is 0 Å². The fourth-order valence-electron chi connectivity index (χ4n) is 4.70. The zero-order valence-corrected chi connectivity index (χ0v) is 28.3. The van der Waals surface area contributed by atoms with Crippen molar-refractivity contribution in [3.8, 4) is 0 Å². The molecule has 0 aliphatic carbocycles. The largest absolute Gasteiger partial charge is 0.472 e. The standard InChI is InChI=1S/C30H60NO12P/c1-5-6-7-8-9-10-11-12-13-14-15-16-17-18-26(33)42-24(23-41-44(37,38)40-20-19-31(2,3)4)22-39-30-29(36)28(35)27(34)25(21-32)43-30/h24-25,27-30,32,34-36H,5-23H2,1-4H3/p+1/t24-,25+,27+,28-,29+,30+/m0/s1. The highest BCUT2D eigenvalue weighted by molar-refractivity contribution is 7.47. The minimum absolute atomic E-state index is 0.0395. The second-order valence-electron chi connectivity index (χ2n) is 12.7. The van der Waals surface area contributed by atoms with Gasteiger partial charge in [-0.05, 0) is 6.42 Å². The molecular formula is C30H61NO12P+. The summed E-state index contributed by atoms with van der Waals surface area (Å²) in [5, 5.41) is 39.6. The number of likely N-dealkylation sites (N-methyl/N-ethyl adjacent to an activating group) is 1. The van der Waals surface area contributed by atoms with Gasteiger partial charge in [0, 0.05) is 6.42 Å². The van der Waals surface area contributed by atoms with Crippen LogP contribution in [-0.4, -0.2) is 127 Å². The lowest BCUT2D eigenvalue weighted by Gasteiger charge is -2.39. The topological polar surface area (TPSA) is 181 Å². The number of nitrogens with zero attached hydrogens (tertiary/aromatic N) is 1. The number of hydrogen-bond donors (Lipinski definition) is 5. The molecule has 0 aromatic rings. The molecule has 5 N–H and O–H groups in total. The molecule has 0 amide bonds. The maximum Gasteiger partial charge on any atom is 0.472 e. The molecule has 1 unspecified atom stereocenters. The minimum atomic E-state index is -4.47. The summed E-state index contributed by atoms with van der Waals surface area (Å²) in [6.07, 6.45) is 6.71. The fraction of sp³-hybridized carbons (Fsp3) is 0.967. The first-order chi connectivity index (χ1) is 20.8. The van der Waals surface area contributed by atoms with Crippen molar-refractivity contribution in [1.29, 1.82) is 0 Å². The summed E-state index contributed by atoms with van der Waals surface area (Å²) >= 11 is 0. The second-order valence-corrected chi connectivity index (χ2v) is 14.2. The number of aliphatic hydroxyl groups excluding tert-OH is 4. The smallest absolute Gasteiger partial charge is 0.457 e. The Morgan fingerprint density at radius 3 is 1.89 bits per heavy atom. The number of unbranched alkanes of at least 4 members (excludes halogenated alkanes) is 12. The van der Waals surface area contributed by atoms with Crippen molar-refractivity contribution in [2.24, 2.45) is 0 Å². The summed E-state index contributed by atoms with van der Waals surface area (Å²) in [5.74, 6) is -0.544. The third kappa shape index (κ3) is 19.1. The van der Waals surface area contributed by atoms with E-state index in [9.17, 15) is 34.7 Å². The van der Waals surface area contributed by atoms with Crippen LogP contribution >= 0.6 is 7.82 Å². The van der Waals surface area contributed by atoms with E-state index in [2.05, 4.69) is 6.92 Å². The predicted octanol–water partition coefficient (Wildman–Crippen LogP) is 3.04. The Bertz CT molecular complexity index is 796. The van der Waals surface area contributed by atoms with E-state index in [1.807, 2.05) is 21.1 Å². The highest BCUT2D eigenvalue weighted by Crippen LogP contribution is 2.43. The number of ether oxygens (including phenoxy) is 3. The summed E-state index contributed by atoms with van der Waals surface area (Å²) < 4.78 is 39.3. The monoisotopic (exact) mass is 658 g/mol. The Hall–Kier alpha value is -0.700. The predicted molar refractivity (Wildman–Crippen MR) is 165 cm³/mol. The molecule has 13 nitrogen and oxygen atoms in total. The van der Waals surface area contributed by atoms with E-state index in [0.29, 0.717) is 17.4 Å². The van der Waals surface area contributed by atoms with Crippen LogP contribution < -0.4 is 0 Å². The van der Waals surface area contributed by atoms with Crippen LogP contribution in [0.3, 0.4) is 0 Å². The Balaban J connectivity index is 2.50. The number of carbonyl (C=O) groups is 1. The maximum absolute atomic E-state index is 12.6. The van der Waals surface area contributed by atoms with Gasteiger partial charge in [0.15, 0.2) is 6.29 Å². The summed E-state index contributed by atoms with van der Waals surface area (Å²) in [5.41, 5.74) is 0. The van der Waals surface area contributed by atoms with Crippen molar-refractivity contribution in [2.75, 3.05) is 54.1 Å². The van der Waals surface area contributed by atoms with Crippen molar-refractivity contribution in [1.82, 2.24) is 0 Å². The molecule has 0 aromatic heterocycles. The average molecular weight is 659 g/mol. The molecular weight excluding hydrogens is 597 g/mol. The lowest BCUT2D eigenvalue weighted by Crippen LogP contribution is -2.59. The normalized spacial score (nSPS) is 24.6. The van der Waals surface area contributed by atoms with Crippen molar-refractivity contribution >= 4 is 13.8 Å². The first-order valence-corrected chi connectivity index (χ1v) is 17.8. The number of esters is 1. The molecule has 262 valence electrons. The van der Waals surface area contributed by atoms with Crippen LogP contribution in [0.2, 0.25) is 0 Å². The highest BCUT2D eigenvalue weighted by Gasteiger charge is 2.44. The number of hydrogen-bond acceptors (Lipinski definition) is 11. The molecule has 1 saturated heterocycles. The van der Waals surface area contributed by atoms with E-state index in [1.165, 1.54) is 57.8 Å². The number of carbonyl (C=O) groups excluding carboxylic acids is 1. The highest BCUT2D eigenvalue weighted by atomic mass is 31.2. The van der Waals surface area contributed by atoms with Gasteiger partial charge in [-0.3, -0.25) is 13.8 Å². The van der Waals surface area contributed by atoms with Gasteiger partial charge >= 0.3 is 13.8 Å². The van der Waals surface area contributed by atoms with E-state index in [-0.39, 0.29) is 13.0 Å². The summed E-state index contributed by atoms with van der Waals surface area (Å²) in [6, 6.07) is 0. The van der Waals surface area contributed by atoms with Gasteiger partial charge in [-0.15, -0.1) is 0 Å². The molecule has 1 heterocycles. The molecule has 7 atom stereocenters.